The molecule has 5 heteroatoms. The van der Waals surface area contributed by atoms with Crippen molar-refractivity contribution in [3.05, 3.63) is 18.2 Å². The summed E-state index contributed by atoms with van der Waals surface area (Å²) in [4.78, 5) is 15.4. The smallest absolute Gasteiger partial charge is 0.306 e. The molecule has 0 spiro atoms. The zero-order chi connectivity index (χ0) is 13.4. The normalized spacial score (nSPS) is 12.6. The summed E-state index contributed by atoms with van der Waals surface area (Å²) in [6.45, 7) is 3.63. The number of hydrogen-bond acceptors (Lipinski definition) is 3. The Morgan fingerprint density at radius 2 is 2.33 bits per heavy atom. The van der Waals surface area contributed by atoms with Crippen LogP contribution in [0.3, 0.4) is 0 Å². The van der Waals surface area contributed by atoms with Crippen molar-refractivity contribution in [2.75, 3.05) is 6.54 Å². The number of nitrogens with two attached hydrogens (primary N) is 1. The minimum atomic E-state index is -0.758. The highest BCUT2D eigenvalue weighted by molar-refractivity contribution is 5.70. The monoisotopic (exact) mass is 253 g/mol. The lowest BCUT2D eigenvalue weighted by Crippen LogP contribution is -2.18. The Balaban J connectivity index is 2.52. The molecule has 102 valence electrons. The van der Waals surface area contributed by atoms with Crippen LogP contribution in [0, 0.1) is 5.92 Å². The van der Waals surface area contributed by atoms with Gasteiger partial charge in [0.15, 0.2) is 0 Å². The van der Waals surface area contributed by atoms with Gasteiger partial charge in [-0.25, -0.2) is 4.98 Å². The molecule has 1 aromatic heterocycles. The first-order chi connectivity index (χ1) is 8.67. The lowest BCUT2D eigenvalue weighted by Gasteiger charge is -2.09. The van der Waals surface area contributed by atoms with Gasteiger partial charge in [-0.15, -0.1) is 0 Å². The molecular weight excluding hydrogens is 230 g/mol. The van der Waals surface area contributed by atoms with Gasteiger partial charge >= 0.3 is 5.97 Å². The van der Waals surface area contributed by atoms with Crippen molar-refractivity contribution in [2.24, 2.45) is 11.7 Å². The number of aryl methyl sites for hydroxylation is 1. The molecule has 0 aliphatic heterocycles. The summed E-state index contributed by atoms with van der Waals surface area (Å²) in [5.74, 6) is -1.13. The van der Waals surface area contributed by atoms with E-state index < -0.39 is 5.97 Å². The molecule has 1 rings (SSSR count). The summed E-state index contributed by atoms with van der Waals surface area (Å²) in [5, 5.41) is 9.13. The van der Waals surface area contributed by atoms with Crippen LogP contribution < -0.4 is 5.73 Å². The van der Waals surface area contributed by atoms with E-state index in [0.29, 0.717) is 19.4 Å². The number of hydrogen-bond donors (Lipinski definition) is 2. The molecule has 0 aromatic carbocycles. The molecule has 0 bridgehead atoms. The average Bonchev–Trinajstić information content (AvgIpc) is 2.79. The Labute approximate surface area is 108 Å². The van der Waals surface area contributed by atoms with Crippen molar-refractivity contribution in [1.29, 1.82) is 0 Å². The number of unbranched alkanes of at least 4 members (excludes halogenated alkanes) is 1. The van der Waals surface area contributed by atoms with Gasteiger partial charge in [0.25, 0.3) is 0 Å². The molecule has 0 aliphatic carbocycles. The molecule has 1 atom stereocenters. The van der Waals surface area contributed by atoms with Crippen LogP contribution in [0.25, 0.3) is 0 Å². The zero-order valence-electron chi connectivity index (χ0n) is 11.0. The molecule has 0 saturated carbocycles. The summed E-state index contributed by atoms with van der Waals surface area (Å²) in [6.07, 6.45) is 7.85. The van der Waals surface area contributed by atoms with Crippen molar-refractivity contribution in [1.82, 2.24) is 9.55 Å². The van der Waals surface area contributed by atoms with E-state index in [0.717, 1.165) is 31.5 Å². The average molecular weight is 253 g/mol. The Kier molecular flexibility index (Phi) is 6.43. The van der Waals surface area contributed by atoms with Gasteiger partial charge in [-0.1, -0.05) is 13.3 Å². The predicted octanol–water partition coefficient (Wildman–Crippen LogP) is 1.67. The first-order valence-corrected chi connectivity index (χ1v) is 6.60. The highest BCUT2D eigenvalue weighted by Gasteiger charge is 2.18. The molecule has 18 heavy (non-hydrogen) atoms. The predicted molar refractivity (Wildman–Crippen MR) is 70.3 cm³/mol. The summed E-state index contributed by atoms with van der Waals surface area (Å²) < 4.78 is 2.03. The maximum absolute atomic E-state index is 11.1. The van der Waals surface area contributed by atoms with Gasteiger partial charge in [0.05, 0.1) is 17.9 Å². The second kappa shape index (κ2) is 7.87. The molecule has 1 heterocycles. The fraction of sp³-hybridized carbons (Fsp3) is 0.692. The van der Waals surface area contributed by atoms with Gasteiger partial charge in [-0.2, -0.15) is 0 Å². The molecule has 3 N–H and O–H groups in total. The van der Waals surface area contributed by atoms with Crippen molar-refractivity contribution < 1.29 is 9.90 Å². The topological polar surface area (TPSA) is 81.1 Å². The van der Waals surface area contributed by atoms with E-state index in [1.165, 1.54) is 0 Å². The highest BCUT2D eigenvalue weighted by atomic mass is 16.4. The fourth-order valence-corrected chi connectivity index (χ4v) is 1.90. The second-order valence-corrected chi connectivity index (χ2v) is 4.63. The van der Waals surface area contributed by atoms with Gasteiger partial charge in [-0.05, 0) is 25.8 Å². The van der Waals surface area contributed by atoms with E-state index in [9.17, 15) is 4.79 Å². The molecule has 0 fully saturated rings. The number of aliphatic carboxylic acids is 1. The van der Waals surface area contributed by atoms with Crippen molar-refractivity contribution >= 4 is 5.97 Å². The third-order valence-electron chi connectivity index (χ3n) is 3.02. The van der Waals surface area contributed by atoms with Crippen LogP contribution in [0.1, 0.15) is 38.3 Å². The zero-order valence-corrected chi connectivity index (χ0v) is 11.0. The van der Waals surface area contributed by atoms with Crippen LogP contribution in [0.15, 0.2) is 12.5 Å². The second-order valence-electron chi connectivity index (χ2n) is 4.63. The number of carbonyl (C=O) groups is 1. The van der Waals surface area contributed by atoms with Crippen molar-refractivity contribution in [3.8, 4) is 0 Å². The number of rotatable bonds is 9. The first kappa shape index (κ1) is 14.7. The largest absolute Gasteiger partial charge is 0.481 e. The summed E-state index contributed by atoms with van der Waals surface area (Å²) >= 11 is 0. The molecule has 5 nitrogen and oxygen atoms in total. The van der Waals surface area contributed by atoms with Crippen LogP contribution >= 0.6 is 0 Å². The van der Waals surface area contributed by atoms with Gasteiger partial charge < -0.3 is 15.4 Å². The van der Waals surface area contributed by atoms with Gasteiger partial charge in [0.2, 0.25) is 0 Å². The third kappa shape index (κ3) is 4.87. The molecule has 0 amide bonds. The van der Waals surface area contributed by atoms with Crippen LogP contribution in [0.2, 0.25) is 0 Å². The Bertz CT molecular complexity index is 363. The third-order valence-corrected chi connectivity index (χ3v) is 3.02. The SMILES string of the molecule is CCCCn1cnc(CC(CCCN)C(=O)O)c1. The molecular formula is C13H23N3O2. The van der Waals surface area contributed by atoms with E-state index in [1.807, 2.05) is 10.8 Å². The minimum absolute atomic E-state index is 0.372. The quantitative estimate of drug-likeness (QED) is 0.701. The molecule has 0 saturated heterocycles. The lowest BCUT2D eigenvalue weighted by molar-refractivity contribution is -0.142. The fourth-order valence-electron chi connectivity index (χ4n) is 1.90. The van der Waals surface area contributed by atoms with E-state index >= 15 is 0 Å². The Morgan fingerprint density at radius 1 is 1.56 bits per heavy atom. The minimum Gasteiger partial charge on any atom is -0.481 e. The highest BCUT2D eigenvalue weighted by Crippen LogP contribution is 2.13. The number of nitrogens with zero attached hydrogens (tertiary/aromatic N) is 2. The van der Waals surface area contributed by atoms with E-state index in [-0.39, 0.29) is 5.92 Å². The standard InChI is InChI=1S/C13H23N3O2/c1-2-3-7-16-9-12(15-10-16)8-11(13(17)18)5-4-6-14/h9-11H,2-8,14H2,1H3,(H,17,18). The summed E-state index contributed by atoms with van der Waals surface area (Å²) in [5.41, 5.74) is 6.27. The first-order valence-electron chi connectivity index (χ1n) is 6.60. The van der Waals surface area contributed by atoms with Crippen LogP contribution in [-0.4, -0.2) is 27.2 Å². The van der Waals surface area contributed by atoms with E-state index in [1.54, 1.807) is 6.33 Å². The maximum atomic E-state index is 11.1. The summed E-state index contributed by atoms with van der Waals surface area (Å²) in [6, 6.07) is 0. The number of imidazole rings is 1. The lowest BCUT2D eigenvalue weighted by atomic mass is 9.98. The Hall–Kier alpha value is -1.36. The van der Waals surface area contributed by atoms with Crippen molar-refractivity contribution in [2.45, 2.75) is 45.6 Å². The molecule has 0 aliphatic rings. The maximum Gasteiger partial charge on any atom is 0.306 e. The van der Waals surface area contributed by atoms with Gasteiger partial charge in [0.1, 0.15) is 0 Å². The van der Waals surface area contributed by atoms with E-state index in [2.05, 4.69) is 11.9 Å². The van der Waals surface area contributed by atoms with Crippen LogP contribution in [0.5, 0.6) is 0 Å². The molecule has 1 aromatic rings. The number of carboxylic acid groups (broad SMARTS) is 1. The summed E-state index contributed by atoms with van der Waals surface area (Å²) in [7, 11) is 0. The number of carboxylic acids is 1. The van der Waals surface area contributed by atoms with Gasteiger partial charge in [-0.3, -0.25) is 4.79 Å². The Morgan fingerprint density at radius 3 is 2.94 bits per heavy atom. The molecule has 0 radical (unpaired) electrons. The van der Waals surface area contributed by atoms with Crippen LogP contribution in [-0.2, 0) is 17.8 Å². The van der Waals surface area contributed by atoms with Gasteiger partial charge in [0, 0.05) is 19.2 Å². The van der Waals surface area contributed by atoms with Crippen molar-refractivity contribution in [3.63, 3.8) is 0 Å². The number of aromatic nitrogens is 2. The van der Waals surface area contributed by atoms with Crippen LogP contribution in [0.4, 0.5) is 0 Å². The van der Waals surface area contributed by atoms with E-state index in [4.69, 9.17) is 10.8 Å². The molecule has 1 unspecified atom stereocenters.